The second kappa shape index (κ2) is 4.51. The molecule has 0 spiro atoms. The Bertz CT molecular complexity index is 624. The highest BCUT2D eigenvalue weighted by Crippen LogP contribution is 2.22. The Morgan fingerprint density at radius 2 is 2.42 bits per heavy atom. The minimum Gasteiger partial charge on any atom is -0.376 e. The van der Waals surface area contributed by atoms with Crippen molar-refractivity contribution in [2.24, 2.45) is 0 Å². The van der Waals surface area contributed by atoms with Crippen LogP contribution < -0.4 is 5.32 Å². The summed E-state index contributed by atoms with van der Waals surface area (Å²) in [5.41, 5.74) is 1.42. The number of nitrogens with zero attached hydrogens (tertiary/aromatic N) is 2. The number of hydrogen-bond acceptors (Lipinski definition) is 5. The van der Waals surface area contributed by atoms with E-state index < -0.39 is 4.92 Å². The van der Waals surface area contributed by atoms with Crippen molar-refractivity contribution >= 4 is 22.7 Å². The normalized spacial score (nSPS) is 22.8. The lowest BCUT2D eigenvalue weighted by molar-refractivity contribution is -0.384. The highest BCUT2D eigenvalue weighted by molar-refractivity contribution is 5.79. The first-order chi connectivity index (χ1) is 9.13. The van der Waals surface area contributed by atoms with E-state index in [4.69, 9.17) is 4.74 Å². The molecule has 2 unspecified atom stereocenters. The Balaban J connectivity index is 1.87. The number of non-ortho nitro benzene ring substituents is 1. The monoisotopic (exact) mass is 262 g/mol. The first-order valence-electron chi connectivity index (χ1n) is 6.16. The van der Waals surface area contributed by atoms with Gasteiger partial charge in [-0.05, 0) is 19.4 Å². The number of nitrogens with one attached hydrogen (secondary N) is 2. The molecule has 0 amide bonds. The molecule has 1 saturated heterocycles. The van der Waals surface area contributed by atoms with Crippen molar-refractivity contribution in [2.75, 3.05) is 11.9 Å². The SMILES string of the molecule is CC1OCCC1Nc1nc2ccc([N+](=O)[O-])cc2[nH]1. The van der Waals surface area contributed by atoms with Crippen LogP contribution in [0.1, 0.15) is 13.3 Å². The first kappa shape index (κ1) is 11.9. The highest BCUT2D eigenvalue weighted by atomic mass is 16.6. The second-order valence-corrected chi connectivity index (χ2v) is 4.66. The van der Waals surface area contributed by atoms with Crippen molar-refractivity contribution in [3.05, 3.63) is 28.3 Å². The van der Waals surface area contributed by atoms with Crippen LogP contribution in [0.4, 0.5) is 11.6 Å². The molecule has 1 aliphatic heterocycles. The van der Waals surface area contributed by atoms with Crippen molar-refractivity contribution in [1.29, 1.82) is 0 Å². The average molecular weight is 262 g/mol. The van der Waals surface area contributed by atoms with E-state index in [9.17, 15) is 10.1 Å². The maximum absolute atomic E-state index is 10.7. The summed E-state index contributed by atoms with van der Waals surface area (Å²) in [6.07, 6.45) is 1.07. The minimum absolute atomic E-state index is 0.0558. The zero-order valence-corrected chi connectivity index (χ0v) is 10.4. The number of nitro benzene ring substituents is 1. The van der Waals surface area contributed by atoms with E-state index in [0.717, 1.165) is 13.0 Å². The summed E-state index contributed by atoms with van der Waals surface area (Å²) in [6.45, 7) is 2.75. The summed E-state index contributed by atoms with van der Waals surface area (Å²) < 4.78 is 5.47. The average Bonchev–Trinajstić information content (AvgIpc) is 2.95. The van der Waals surface area contributed by atoms with E-state index in [0.29, 0.717) is 17.0 Å². The number of aromatic amines is 1. The molecule has 1 aliphatic rings. The van der Waals surface area contributed by atoms with Gasteiger partial charge in [0.1, 0.15) is 0 Å². The van der Waals surface area contributed by atoms with Gasteiger partial charge in [-0.2, -0.15) is 0 Å². The van der Waals surface area contributed by atoms with Crippen LogP contribution in [0.3, 0.4) is 0 Å². The Morgan fingerprint density at radius 1 is 1.58 bits per heavy atom. The van der Waals surface area contributed by atoms with E-state index in [1.807, 2.05) is 6.92 Å². The Kier molecular flexibility index (Phi) is 2.83. The van der Waals surface area contributed by atoms with Crippen LogP contribution in [0.2, 0.25) is 0 Å². The standard InChI is InChI=1S/C12H14N4O3/c1-7-9(4-5-19-7)13-12-14-10-3-2-8(16(17)18)6-11(10)15-12/h2-3,6-7,9H,4-5H2,1H3,(H2,13,14,15). The number of benzene rings is 1. The molecule has 1 aromatic heterocycles. The van der Waals surface area contributed by atoms with Gasteiger partial charge in [0.25, 0.3) is 5.69 Å². The summed E-state index contributed by atoms with van der Waals surface area (Å²) in [7, 11) is 0. The summed E-state index contributed by atoms with van der Waals surface area (Å²) in [6, 6.07) is 4.80. The fraction of sp³-hybridized carbons (Fsp3) is 0.417. The third-order valence-electron chi connectivity index (χ3n) is 3.37. The molecule has 0 radical (unpaired) electrons. The molecule has 19 heavy (non-hydrogen) atoms. The van der Waals surface area contributed by atoms with Gasteiger partial charge >= 0.3 is 0 Å². The molecule has 2 atom stereocenters. The molecule has 7 heteroatoms. The number of nitro groups is 1. The van der Waals surface area contributed by atoms with Gasteiger partial charge < -0.3 is 15.0 Å². The largest absolute Gasteiger partial charge is 0.376 e. The lowest BCUT2D eigenvalue weighted by atomic mass is 10.2. The van der Waals surface area contributed by atoms with Crippen LogP contribution in [-0.2, 0) is 4.74 Å². The van der Waals surface area contributed by atoms with Gasteiger partial charge in [0, 0.05) is 18.7 Å². The van der Waals surface area contributed by atoms with Crippen molar-refractivity contribution < 1.29 is 9.66 Å². The molecular weight excluding hydrogens is 248 g/mol. The number of anilines is 1. The maximum Gasteiger partial charge on any atom is 0.271 e. The first-order valence-corrected chi connectivity index (χ1v) is 6.16. The summed E-state index contributed by atoms with van der Waals surface area (Å²) in [5.74, 6) is 0.623. The van der Waals surface area contributed by atoms with E-state index in [-0.39, 0.29) is 17.8 Å². The van der Waals surface area contributed by atoms with Gasteiger partial charge in [-0.1, -0.05) is 0 Å². The Hall–Kier alpha value is -2.15. The van der Waals surface area contributed by atoms with Crippen LogP contribution >= 0.6 is 0 Å². The molecule has 1 fully saturated rings. The summed E-state index contributed by atoms with van der Waals surface area (Å²) in [5, 5.41) is 14.0. The van der Waals surface area contributed by atoms with Crippen LogP contribution in [0.15, 0.2) is 18.2 Å². The smallest absolute Gasteiger partial charge is 0.271 e. The van der Waals surface area contributed by atoms with Gasteiger partial charge in [-0.25, -0.2) is 4.98 Å². The lowest BCUT2D eigenvalue weighted by Gasteiger charge is -2.14. The molecule has 2 aromatic rings. The number of fused-ring (bicyclic) bond motifs is 1. The Morgan fingerprint density at radius 3 is 3.11 bits per heavy atom. The van der Waals surface area contributed by atoms with Crippen LogP contribution in [0.25, 0.3) is 11.0 Å². The Labute approximate surface area is 109 Å². The van der Waals surface area contributed by atoms with E-state index in [1.54, 1.807) is 6.07 Å². The zero-order chi connectivity index (χ0) is 13.4. The number of aromatic nitrogens is 2. The molecular formula is C12H14N4O3. The molecule has 1 aromatic carbocycles. The molecule has 2 N–H and O–H groups in total. The topological polar surface area (TPSA) is 93.1 Å². The molecule has 3 rings (SSSR count). The molecule has 0 bridgehead atoms. The molecule has 0 saturated carbocycles. The van der Waals surface area contributed by atoms with E-state index >= 15 is 0 Å². The fourth-order valence-corrected chi connectivity index (χ4v) is 2.28. The number of imidazole rings is 1. The van der Waals surface area contributed by atoms with Gasteiger partial charge in [0.15, 0.2) is 0 Å². The fourth-order valence-electron chi connectivity index (χ4n) is 2.28. The number of ether oxygens (including phenoxy) is 1. The predicted octanol–water partition coefficient (Wildman–Crippen LogP) is 2.06. The van der Waals surface area contributed by atoms with Crippen molar-refractivity contribution in [3.63, 3.8) is 0 Å². The van der Waals surface area contributed by atoms with Crippen molar-refractivity contribution in [1.82, 2.24) is 9.97 Å². The number of H-pyrrole nitrogens is 1. The van der Waals surface area contributed by atoms with E-state index in [2.05, 4.69) is 15.3 Å². The predicted molar refractivity (Wildman–Crippen MR) is 70.2 cm³/mol. The third kappa shape index (κ3) is 2.24. The van der Waals surface area contributed by atoms with Gasteiger partial charge in [-0.3, -0.25) is 10.1 Å². The summed E-state index contributed by atoms with van der Waals surface area (Å²) in [4.78, 5) is 17.7. The number of rotatable bonds is 3. The molecule has 7 nitrogen and oxygen atoms in total. The van der Waals surface area contributed by atoms with Gasteiger partial charge in [0.05, 0.1) is 28.1 Å². The van der Waals surface area contributed by atoms with Crippen LogP contribution in [-0.4, -0.2) is 33.6 Å². The van der Waals surface area contributed by atoms with Gasteiger partial charge in [-0.15, -0.1) is 0 Å². The summed E-state index contributed by atoms with van der Waals surface area (Å²) >= 11 is 0. The van der Waals surface area contributed by atoms with Crippen molar-refractivity contribution in [2.45, 2.75) is 25.5 Å². The lowest BCUT2D eigenvalue weighted by Crippen LogP contribution is -2.27. The zero-order valence-electron chi connectivity index (χ0n) is 10.4. The van der Waals surface area contributed by atoms with Crippen LogP contribution in [0.5, 0.6) is 0 Å². The molecule has 100 valence electrons. The van der Waals surface area contributed by atoms with Crippen LogP contribution in [0, 0.1) is 10.1 Å². The second-order valence-electron chi connectivity index (χ2n) is 4.66. The highest BCUT2D eigenvalue weighted by Gasteiger charge is 2.24. The quantitative estimate of drug-likeness (QED) is 0.652. The van der Waals surface area contributed by atoms with Gasteiger partial charge in [0.2, 0.25) is 5.95 Å². The van der Waals surface area contributed by atoms with Crippen molar-refractivity contribution in [3.8, 4) is 0 Å². The third-order valence-corrected chi connectivity index (χ3v) is 3.37. The maximum atomic E-state index is 10.7. The molecule has 0 aliphatic carbocycles. The molecule has 2 heterocycles. The minimum atomic E-state index is -0.416. The number of hydrogen-bond donors (Lipinski definition) is 2. The van der Waals surface area contributed by atoms with E-state index in [1.165, 1.54) is 12.1 Å².